The van der Waals surface area contributed by atoms with Crippen LogP contribution < -0.4 is 5.73 Å². The summed E-state index contributed by atoms with van der Waals surface area (Å²) >= 11 is 0. The Labute approximate surface area is 82.9 Å². The molecule has 1 saturated carbocycles. The van der Waals surface area contributed by atoms with Gasteiger partial charge < -0.3 is 5.73 Å². The predicted molar refractivity (Wildman–Crippen MR) is 53.0 cm³/mol. The van der Waals surface area contributed by atoms with Gasteiger partial charge in [0.05, 0.1) is 17.8 Å². The highest BCUT2D eigenvalue weighted by Gasteiger charge is 2.28. The van der Waals surface area contributed by atoms with Crippen molar-refractivity contribution in [3.63, 3.8) is 0 Å². The zero-order valence-corrected chi connectivity index (χ0v) is 8.29. The number of hydrogen-bond donors (Lipinski definition) is 2. The Morgan fingerprint density at radius 2 is 2.50 bits per heavy atom. The van der Waals surface area contributed by atoms with E-state index in [9.17, 15) is 4.79 Å². The third-order valence-corrected chi connectivity index (χ3v) is 2.72. The van der Waals surface area contributed by atoms with E-state index < -0.39 is 0 Å². The van der Waals surface area contributed by atoms with E-state index in [1.807, 2.05) is 6.92 Å². The first-order valence-corrected chi connectivity index (χ1v) is 4.98. The maximum atomic E-state index is 11.8. The lowest BCUT2D eigenvalue weighted by molar-refractivity contribution is 0.0954. The van der Waals surface area contributed by atoms with Crippen molar-refractivity contribution in [2.45, 2.75) is 32.2 Å². The molecule has 0 aromatic carbocycles. The maximum absolute atomic E-state index is 11.8. The number of carbonyl (C=O) groups excluding carboxylic acids is 1. The SMILES string of the molecule is Cc1[nH]ncc1C(=O)C(N)CC1CC1. The molecule has 4 nitrogen and oxygen atoms in total. The van der Waals surface area contributed by atoms with Crippen molar-refractivity contribution in [3.8, 4) is 0 Å². The van der Waals surface area contributed by atoms with Crippen LogP contribution in [0.3, 0.4) is 0 Å². The molecule has 1 unspecified atom stereocenters. The number of aromatic nitrogens is 2. The van der Waals surface area contributed by atoms with Gasteiger partial charge in [0.1, 0.15) is 0 Å². The summed E-state index contributed by atoms with van der Waals surface area (Å²) in [6.45, 7) is 1.84. The Balaban J connectivity index is 2.03. The number of nitrogens with two attached hydrogens (primary N) is 1. The third-order valence-electron chi connectivity index (χ3n) is 2.72. The van der Waals surface area contributed by atoms with E-state index in [-0.39, 0.29) is 11.8 Å². The van der Waals surface area contributed by atoms with E-state index in [1.54, 1.807) is 6.20 Å². The quantitative estimate of drug-likeness (QED) is 0.701. The van der Waals surface area contributed by atoms with Crippen LogP contribution in [0.1, 0.15) is 35.3 Å². The van der Waals surface area contributed by atoms with Crippen LogP contribution in [0.15, 0.2) is 6.20 Å². The number of Topliss-reactive ketones (excluding diaryl/α,β-unsaturated/α-hetero) is 1. The highest BCUT2D eigenvalue weighted by Crippen LogP contribution is 2.33. The van der Waals surface area contributed by atoms with E-state index >= 15 is 0 Å². The van der Waals surface area contributed by atoms with E-state index in [4.69, 9.17) is 5.73 Å². The number of carbonyl (C=O) groups is 1. The van der Waals surface area contributed by atoms with Crippen molar-refractivity contribution in [1.82, 2.24) is 10.2 Å². The normalized spacial score (nSPS) is 18.1. The van der Waals surface area contributed by atoms with Gasteiger partial charge in [0.2, 0.25) is 0 Å². The van der Waals surface area contributed by atoms with Crippen LogP contribution in [0.5, 0.6) is 0 Å². The number of rotatable bonds is 4. The Morgan fingerprint density at radius 1 is 1.79 bits per heavy atom. The largest absolute Gasteiger partial charge is 0.321 e. The molecule has 1 aliphatic rings. The van der Waals surface area contributed by atoms with Gasteiger partial charge in [0.15, 0.2) is 5.78 Å². The molecule has 1 atom stereocenters. The number of nitrogens with zero attached hydrogens (tertiary/aromatic N) is 1. The van der Waals surface area contributed by atoms with Crippen molar-refractivity contribution in [2.75, 3.05) is 0 Å². The fourth-order valence-electron chi connectivity index (χ4n) is 1.62. The Hall–Kier alpha value is -1.16. The summed E-state index contributed by atoms with van der Waals surface area (Å²) in [7, 11) is 0. The second-order valence-corrected chi connectivity index (χ2v) is 4.06. The second-order valence-electron chi connectivity index (χ2n) is 4.06. The molecule has 4 heteroatoms. The third kappa shape index (κ3) is 1.85. The topological polar surface area (TPSA) is 71.8 Å². The van der Waals surface area contributed by atoms with Crippen LogP contribution in [0.4, 0.5) is 0 Å². The van der Waals surface area contributed by atoms with Gasteiger partial charge in [-0.2, -0.15) is 5.10 Å². The second kappa shape index (κ2) is 3.53. The highest BCUT2D eigenvalue weighted by molar-refractivity contribution is 6.00. The molecule has 0 bridgehead atoms. The fraction of sp³-hybridized carbons (Fsp3) is 0.600. The molecule has 0 amide bonds. The molecular weight excluding hydrogens is 178 g/mol. The molecule has 76 valence electrons. The molecule has 1 fully saturated rings. The summed E-state index contributed by atoms with van der Waals surface area (Å²) in [5.74, 6) is 0.698. The monoisotopic (exact) mass is 193 g/mol. The fourth-order valence-corrected chi connectivity index (χ4v) is 1.62. The number of H-pyrrole nitrogens is 1. The lowest BCUT2D eigenvalue weighted by Gasteiger charge is -2.08. The average Bonchev–Trinajstić information content (AvgIpc) is 2.86. The van der Waals surface area contributed by atoms with E-state index in [2.05, 4.69) is 10.2 Å². The van der Waals surface area contributed by atoms with E-state index in [0.717, 1.165) is 12.1 Å². The van der Waals surface area contributed by atoms with Crippen molar-refractivity contribution in [1.29, 1.82) is 0 Å². The lowest BCUT2D eigenvalue weighted by Crippen LogP contribution is -2.31. The van der Waals surface area contributed by atoms with Crippen molar-refractivity contribution < 1.29 is 4.79 Å². The molecule has 1 aliphatic carbocycles. The minimum Gasteiger partial charge on any atom is -0.321 e. The summed E-state index contributed by atoms with van der Waals surface area (Å²) in [6, 6.07) is -0.348. The van der Waals surface area contributed by atoms with Crippen LogP contribution in [0.25, 0.3) is 0 Å². The van der Waals surface area contributed by atoms with Gasteiger partial charge >= 0.3 is 0 Å². The smallest absolute Gasteiger partial charge is 0.182 e. The minimum atomic E-state index is -0.348. The van der Waals surface area contributed by atoms with Crippen molar-refractivity contribution in [3.05, 3.63) is 17.5 Å². The summed E-state index contributed by atoms with van der Waals surface area (Å²) < 4.78 is 0. The number of ketones is 1. The Morgan fingerprint density at radius 3 is 3.00 bits per heavy atom. The molecule has 1 heterocycles. The molecule has 0 spiro atoms. The average molecular weight is 193 g/mol. The van der Waals surface area contributed by atoms with Gasteiger partial charge in [-0.05, 0) is 19.3 Å². The summed E-state index contributed by atoms with van der Waals surface area (Å²) in [5.41, 5.74) is 7.27. The predicted octanol–water partition coefficient (Wildman–Crippen LogP) is 1.03. The Kier molecular flexibility index (Phi) is 2.37. The first-order valence-electron chi connectivity index (χ1n) is 4.98. The summed E-state index contributed by atoms with van der Waals surface area (Å²) in [4.78, 5) is 11.8. The van der Waals surface area contributed by atoms with Crippen LogP contribution in [-0.2, 0) is 0 Å². The van der Waals surface area contributed by atoms with Crippen LogP contribution >= 0.6 is 0 Å². The Bertz CT molecular complexity index is 341. The van der Waals surface area contributed by atoms with Crippen molar-refractivity contribution >= 4 is 5.78 Å². The molecule has 1 aromatic heterocycles. The molecular formula is C10H15N3O. The maximum Gasteiger partial charge on any atom is 0.182 e. The highest BCUT2D eigenvalue weighted by atomic mass is 16.1. The van der Waals surface area contributed by atoms with E-state index in [1.165, 1.54) is 12.8 Å². The van der Waals surface area contributed by atoms with E-state index in [0.29, 0.717) is 11.5 Å². The molecule has 2 rings (SSSR count). The molecule has 3 N–H and O–H groups in total. The number of hydrogen-bond acceptors (Lipinski definition) is 3. The summed E-state index contributed by atoms with van der Waals surface area (Å²) in [6.07, 6.45) is 4.84. The number of aromatic amines is 1. The standard InChI is InChI=1S/C10H15N3O/c1-6-8(5-12-13-6)10(14)9(11)4-7-2-3-7/h5,7,9H,2-4,11H2,1H3,(H,12,13). The first-order chi connectivity index (χ1) is 6.68. The van der Waals surface area contributed by atoms with Crippen LogP contribution in [-0.4, -0.2) is 22.0 Å². The first kappa shape index (κ1) is 9.40. The van der Waals surface area contributed by atoms with Gasteiger partial charge in [-0.25, -0.2) is 0 Å². The van der Waals surface area contributed by atoms with Gasteiger partial charge in [-0.1, -0.05) is 12.8 Å². The zero-order chi connectivity index (χ0) is 10.1. The molecule has 1 aromatic rings. The lowest BCUT2D eigenvalue weighted by atomic mass is 10.0. The molecule has 0 aliphatic heterocycles. The van der Waals surface area contributed by atoms with Crippen LogP contribution in [0.2, 0.25) is 0 Å². The van der Waals surface area contributed by atoms with Gasteiger partial charge in [-0.15, -0.1) is 0 Å². The van der Waals surface area contributed by atoms with Gasteiger partial charge in [0.25, 0.3) is 0 Å². The minimum absolute atomic E-state index is 0.0168. The summed E-state index contributed by atoms with van der Waals surface area (Å²) in [5, 5.41) is 6.57. The van der Waals surface area contributed by atoms with Gasteiger partial charge in [-0.3, -0.25) is 9.89 Å². The van der Waals surface area contributed by atoms with Crippen molar-refractivity contribution in [2.24, 2.45) is 11.7 Å². The number of nitrogens with one attached hydrogen (secondary N) is 1. The van der Waals surface area contributed by atoms with Gasteiger partial charge in [0, 0.05) is 5.69 Å². The molecule has 14 heavy (non-hydrogen) atoms. The molecule has 0 radical (unpaired) electrons. The molecule has 0 saturated heterocycles. The zero-order valence-electron chi connectivity index (χ0n) is 8.29. The number of aryl methyl sites for hydroxylation is 1. The van der Waals surface area contributed by atoms with Crippen LogP contribution in [0, 0.1) is 12.8 Å².